The van der Waals surface area contributed by atoms with E-state index in [0.29, 0.717) is 11.6 Å². The maximum atomic E-state index is 11.3. The zero-order valence-electron chi connectivity index (χ0n) is 11.2. The highest BCUT2D eigenvalue weighted by atomic mass is 16.1. The third-order valence-electron chi connectivity index (χ3n) is 4.26. The Balaban J connectivity index is 1.39. The first-order valence-corrected chi connectivity index (χ1v) is 7.20. The molecule has 1 aliphatic carbocycles. The smallest absolute Gasteiger partial charge is 0.348 e. The number of nitrogens with zero attached hydrogens (tertiary/aromatic N) is 4. The molecule has 0 spiro atoms. The van der Waals surface area contributed by atoms with E-state index in [1.807, 2.05) is 0 Å². The van der Waals surface area contributed by atoms with Gasteiger partial charge in [-0.3, -0.25) is 0 Å². The molecule has 0 aromatic carbocycles. The molecule has 1 atom stereocenters. The van der Waals surface area contributed by atoms with Crippen LogP contribution in [-0.4, -0.2) is 50.2 Å². The minimum atomic E-state index is -0.255. The maximum Gasteiger partial charge on any atom is 0.348 e. The molecule has 1 aliphatic heterocycles. The van der Waals surface area contributed by atoms with E-state index in [9.17, 15) is 4.79 Å². The third-order valence-corrected chi connectivity index (χ3v) is 4.26. The van der Waals surface area contributed by atoms with Gasteiger partial charge >= 0.3 is 5.69 Å². The molecule has 3 heterocycles. The van der Waals surface area contributed by atoms with E-state index in [1.165, 1.54) is 43.1 Å². The van der Waals surface area contributed by atoms with Crippen LogP contribution in [-0.2, 0) is 0 Å². The van der Waals surface area contributed by atoms with E-state index < -0.39 is 0 Å². The first kappa shape index (κ1) is 11.9. The molecule has 1 unspecified atom stereocenters. The average Bonchev–Trinajstić information content (AvgIpc) is 3.10. The molecule has 20 heavy (non-hydrogen) atoms. The van der Waals surface area contributed by atoms with E-state index in [-0.39, 0.29) is 5.69 Å². The van der Waals surface area contributed by atoms with Gasteiger partial charge in [-0.25, -0.2) is 19.3 Å². The standard InChI is InChI=1S/C13H18N6O/c20-13-17-16-12-5-11(15-8-19(12)13)14-6-9-3-4-18(7-9)10-1-2-10/h5,8-10,14H,1-4,6-7H2,(H,17,20). The fraction of sp³-hybridized carbons (Fsp3) is 0.615. The Bertz CT molecular complexity index is 673. The molecule has 2 fully saturated rings. The van der Waals surface area contributed by atoms with Crippen molar-refractivity contribution < 1.29 is 0 Å². The predicted molar refractivity (Wildman–Crippen MR) is 74.8 cm³/mol. The Hall–Kier alpha value is -1.89. The molecule has 2 aliphatic rings. The highest BCUT2D eigenvalue weighted by Crippen LogP contribution is 2.31. The largest absolute Gasteiger partial charge is 0.370 e. The van der Waals surface area contributed by atoms with E-state index >= 15 is 0 Å². The van der Waals surface area contributed by atoms with Crippen molar-refractivity contribution in [1.29, 1.82) is 0 Å². The van der Waals surface area contributed by atoms with Crippen LogP contribution in [0.1, 0.15) is 19.3 Å². The Labute approximate surface area is 116 Å². The van der Waals surface area contributed by atoms with Crippen molar-refractivity contribution in [1.82, 2.24) is 24.5 Å². The van der Waals surface area contributed by atoms with Crippen LogP contribution in [0.3, 0.4) is 0 Å². The lowest BCUT2D eigenvalue weighted by atomic mass is 10.1. The van der Waals surface area contributed by atoms with Crippen molar-refractivity contribution in [2.45, 2.75) is 25.3 Å². The zero-order chi connectivity index (χ0) is 13.5. The number of aromatic amines is 1. The number of rotatable bonds is 4. The third kappa shape index (κ3) is 2.18. The minimum absolute atomic E-state index is 0.255. The van der Waals surface area contributed by atoms with Gasteiger partial charge in [0.1, 0.15) is 12.1 Å². The minimum Gasteiger partial charge on any atom is -0.370 e. The summed E-state index contributed by atoms with van der Waals surface area (Å²) >= 11 is 0. The summed E-state index contributed by atoms with van der Waals surface area (Å²) < 4.78 is 1.40. The van der Waals surface area contributed by atoms with Crippen LogP contribution in [0.4, 0.5) is 5.82 Å². The first-order chi connectivity index (χ1) is 9.79. The van der Waals surface area contributed by atoms with Gasteiger partial charge in [0.05, 0.1) is 0 Å². The average molecular weight is 274 g/mol. The molecule has 2 N–H and O–H groups in total. The van der Waals surface area contributed by atoms with Crippen molar-refractivity contribution in [2.24, 2.45) is 5.92 Å². The molecule has 106 valence electrons. The Kier molecular flexibility index (Phi) is 2.73. The van der Waals surface area contributed by atoms with Gasteiger partial charge < -0.3 is 10.2 Å². The number of aromatic nitrogens is 4. The molecule has 7 nitrogen and oxygen atoms in total. The highest BCUT2D eigenvalue weighted by molar-refractivity contribution is 5.48. The molecule has 0 radical (unpaired) electrons. The van der Waals surface area contributed by atoms with Gasteiger partial charge in [-0.1, -0.05) is 0 Å². The fourth-order valence-electron chi connectivity index (χ4n) is 2.96. The van der Waals surface area contributed by atoms with Gasteiger partial charge in [0.25, 0.3) is 0 Å². The number of H-pyrrole nitrogens is 1. The topological polar surface area (TPSA) is 78.3 Å². The van der Waals surface area contributed by atoms with Crippen molar-refractivity contribution in [2.75, 3.05) is 25.0 Å². The zero-order valence-corrected chi connectivity index (χ0v) is 11.2. The molecular weight excluding hydrogens is 256 g/mol. The summed E-state index contributed by atoms with van der Waals surface area (Å²) in [7, 11) is 0. The Morgan fingerprint density at radius 1 is 1.40 bits per heavy atom. The van der Waals surface area contributed by atoms with Crippen molar-refractivity contribution in [3.05, 3.63) is 22.9 Å². The monoisotopic (exact) mass is 274 g/mol. The van der Waals surface area contributed by atoms with E-state index in [2.05, 4.69) is 25.4 Å². The number of likely N-dealkylation sites (tertiary alicyclic amines) is 1. The first-order valence-electron chi connectivity index (χ1n) is 7.20. The number of hydrogen-bond acceptors (Lipinski definition) is 5. The van der Waals surface area contributed by atoms with Crippen LogP contribution >= 0.6 is 0 Å². The Morgan fingerprint density at radius 2 is 2.30 bits per heavy atom. The fourth-order valence-corrected chi connectivity index (χ4v) is 2.96. The summed E-state index contributed by atoms with van der Waals surface area (Å²) in [5.41, 5.74) is 0.341. The molecule has 0 amide bonds. The summed E-state index contributed by atoms with van der Waals surface area (Å²) in [6.07, 6.45) is 5.53. The molecule has 1 saturated carbocycles. The van der Waals surface area contributed by atoms with Crippen molar-refractivity contribution in [3.63, 3.8) is 0 Å². The van der Waals surface area contributed by atoms with E-state index in [0.717, 1.165) is 18.4 Å². The van der Waals surface area contributed by atoms with Gasteiger partial charge in [0.15, 0.2) is 5.65 Å². The molecule has 2 aromatic heterocycles. The molecular formula is C13H18N6O. The summed E-state index contributed by atoms with van der Waals surface area (Å²) in [5, 5.41) is 9.71. The highest BCUT2D eigenvalue weighted by Gasteiger charge is 2.34. The molecule has 2 aromatic rings. The van der Waals surface area contributed by atoms with Crippen LogP contribution in [0, 0.1) is 5.92 Å². The van der Waals surface area contributed by atoms with Gasteiger partial charge in [0, 0.05) is 25.2 Å². The van der Waals surface area contributed by atoms with Crippen LogP contribution in [0.25, 0.3) is 5.65 Å². The van der Waals surface area contributed by atoms with Gasteiger partial charge in [-0.15, -0.1) is 0 Å². The SMILES string of the molecule is O=c1[nH]nc2cc(NCC3CCN(C4CC4)C3)ncn12. The van der Waals surface area contributed by atoms with E-state index in [1.54, 1.807) is 6.07 Å². The quantitative estimate of drug-likeness (QED) is 0.839. The predicted octanol–water partition coefficient (Wildman–Crippen LogP) is 0.314. The number of nitrogens with one attached hydrogen (secondary N) is 2. The summed E-state index contributed by atoms with van der Waals surface area (Å²) in [5.74, 6) is 1.47. The molecule has 1 saturated heterocycles. The van der Waals surface area contributed by atoms with Crippen LogP contribution < -0.4 is 11.0 Å². The molecule has 4 rings (SSSR count). The summed E-state index contributed by atoms with van der Waals surface area (Å²) in [4.78, 5) is 18.2. The van der Waals surface area contributed by atoms with E-state index in [4.69, 9.17) is 0 Å². The molecule has 7 heteroatoms. The lowest BCUT2D eigenvalue weighted by Gasteiger charge is -2.15. The number of fused-ring (bicyclic) bond motifs is 1. The van der Waals surface area contributed by atoms with Crippen molar-refractivity contribution in [3.8, 4) is 0 Å². The number of hydrogen-bond donors (Lipinski definition) is 2. The van der Waals surface area contributed by atoms with Gasteiger partial charge in [0.2, 0.25) is 0 Å². The van der Waals surface area contributed by atoms with Gasteiger partial charge in [-0.2, -0.15) is 5.10 Å². The normalized spacial score (nSPS) is 23.5. The summed E-state index contributed by atoms with van der Waals surface area (Å²) in [6, 6.07) is 2.66. The second-order valence-corrected chi connectivity index (χ2v) is 5.79. The van der Waals surface area contributed by atoms with Crippen molar-refractivity contribution >= 4 is 11.5 Å². The lowest BCUT2D eigenvalue weighted by molar-refractivity contribution is 0.316. The van der Waals surface area contributed by atoms with Crippen LogP contribution in [0.5, 0.6) is 0 Å². The Morgan fingerprint density at radius 3 is 3.15 bits per heavy atom. The lowest BCUT2D eigenvalue weighted by Crippen LogP contribution is -2.25. The number of anilines is 1. The maximum absolute atomic E-state index is 11.3. The van der Waals surface area contributed by atoms with Crippen LogP contribution in [0.2, 0.25) is 0 Å². The van der Waals surface area contributed by atoms with Gasteiger partial charge in [-0.05, 0) is 31.7 Å². The van der Waals surface area contributed by atoms with Crippen LogP contribution in [0.15, 0.2) is 17.2 Å². The second-order valence-electron chi connectivity index (χ2n) is 5.79. The summed E-state index contributed by atoms with van der Waals surface area (Å²) in [6.45, 7) is 3.36. The molecule has 0 bridgehead atoms. The second kappa shape index (κ2) is 4.59.